The van der Waals surface area contributed by atoms with Crippen LogP contribution in [0.2, 0.25) is 10.0 Å². The second-order valence-electron chi connectivity index (χ2n) is 5.64. The van der Waals surface area contributed by atoms with E-state index in [0.717, 1.165) is 16.6 Å². The molecule has 0 aliphatic carbocycles. The number of benzene rings is 2. The molecule has 4 aromatic rings. The largest absolute Gasteiger partial charge is 0.504 e. The standard InChI is InChI=1S/C19H13Cl2N3O2/c1-26-17-5-2-11(8-16(17)25)14-9-15(24-7-6-22-10-24)12-3-4-13(20)18(21)19(12)23-14/h2-10,25H,1H3. The number of rotatable bonds is 3. The lowest BCUT2D eigenvalue weighted by atomic mass is 10.1. The Hall–Kier alpha value is -2.76. The Bertz CT molecular complexity index is 1110. The van der Waals surface area contributed by atoms with Gasteiger partial charge in [-0.3, -0.25) is 0 Å². The maximum Gasteiger partial charge on any atom is 0.160 e. The molecular weight excluding hydrogens is 373 g/mol. The van der Waals surface area contributed by atoms with Crippen LogP contribution in [0, 0.1) is 0 Å². The van der Waals surface area contributed by atoms with Crippen LogP contribution in [0.15, 0.2) is 55.1 Å². The molecule has 0 radical (unpaired) electrons. The fraction of sp³-hybridized carbons (Fsp3) is 0.0526. The van der Waals surface area contributed by atoms with Crippen LogP contribution in [-0.4, -0.2) is 26.8 Å². The van der Waals surface area contributed by atoms with Crippen molar-refractivity contribution in [2.24, 2.45) is 0 Å². The lowest BCUT2D eigenvalue weighted by Gasteiger charge is -2.13. The van der Waals surface area contributed by atoms with Gasteiger partial charge < -0.3 is 14.4 Å². The molecule has 1 N–H and O–H groups in total. The maximum atomic E-state index is 10.1. The SMILES string of the molecule is COc1ccc(-c2cc(-n3ccnc3)c3ccc(Cl)c(Cl)c3n2)cc1O. The molecule has 0 saturated heterocycles. The smallest absolute Gasteiger partial charge is 0.160 e. The van der Waals surface area contributed by atoms with Crippen molar-refractivity contribution in [3.63, 3.8) is 0 Å². The average Bonchev–Trinajstić information content (AvgIpc) is 3.18. The van der Waals surface area contributed by atoms with E-state index in [-0.39, 0.29) is 5.75 Å². The summed E-state index contributed by atoms with van der Waals surface area (Å²) < 4.78 is 6.98. The van der Waals surface area contributed by atoms with Crippen LogP contribution in [0.3, 0.4) is 0 Å². The quantitative estimate of drug-likeness (QED) is 0.532. The monoisotopic (exact) mass is 385 g/mol. The predicted octanol–water partition coefficient (Wildman–Crippen LogP) is 5.11. The average molecular weight is 386 g/mol. The van der Waals surface area contributed by atoms with Crippen molar-refractivity contribution in [3.8, 4) is 28.4 Å². The zero-order valence-electron chi connectivity index (χ0n) is 13.6. The van der Waals surface area contributed by atoms with Gasteiger partial charge in [0.25, 0.3) is 0 Å². The minimum Gasteiger partial charge on any atom is -0.504 e. The molecule has 0 saturated carbocycles. The lowest BCUT2D eigenvalue weighted by Crippen LogP contribution is -1.97. The topological polar surface area (TPSA) is 60.2 Å². The van der Waals surface area contributed by atoms with Gasteiger partial charge in [0.1, 0.15) is 0 Å². The number of aromatic nitrogens is 3. The van der Waals surface area contributed by atoms with Gasteiger partial charge in [-0.1, -0.05) is 23.2 Å². The molecule has 0 atom stereocenters. The first-order chi connectivity index (χ1) is 12.6. The number of nitrogens with zero attached hydrogens (tertiary/aromatic N) is 3. The van der Waals surface area contributed by atoms with Crippen molar-refractivity contribution in [3.05, 3.63) is 65.2 Å². The Morgan fingerprint density at radius 3 is 2.65 bits per heavy atom. The minimum absolute atomic E-state index is 0.0354. The molecule has 130 valence electrons. The molecule has 0 aliphatic heterocycles. The molecule has 0 spiro atoms. The number of pyridine rings is 1. The molecule has 0 unspecified atom stereocenters. The molecule has 0 aliphatic rings. The van der Waals surface area contributed by atoms with E-state index >= 15 is 0 Å². The molecule has 2 aromatic carbocycles. The predicted molar refractivity (Wildman–Crippen MR) is 103 cm³/mol. The van der Waals surface area contributed by atoms with Gasteiger partial charge in [0.15, 0.2) is 11.5 Å². The summed E-state index contributed by atoms with van der Waals surface area (Å²) in [5.74, 6) is 0.429. The van der Waals surface area contributed by atoms with Crippen molar-refractivity contribution < 1.29 is 9.84 Å². The third kappa shape index (κ3) is 2.75. The van der Waals surface area contributed by atoms with E-state index in [1.165, 1.54) is 7.11 Å². The maximum absolute atomic E-state index is 10.1. The Balaban J connectivity index is 2.02. The van der Waals surface area contributed by atoms with Gasteiger partial charge in [-0.2, -0.15) is 0 Å². The molecule has 0 fully saturated rings. The van der Waals surface area contributed by atoms with Crippen LogP contribution in [0.5, 0.6) is 11.5 Å². The van der Waals surface area contributed by atoms with E-state index in [2.05, 4.69) is 9.97 Å². The van der Waals surface area contributed by atoms with E-state index in [9.17, 15) is 5.11 Å². The highest BCUT2D eigenvalue weighted by atomic mass is 35.5. The second kappa shape index (κ2) is 6.52. The van der Waals surface area contributed by atoms with Crippen LogP contribution in [0.25, 0.3) is 27.8 Å². The molecular formula is C19H13Cl2N3O2. The molecule has 2 heterocycles. The van der Waals surface area contributed by atoms with Crippen LogP contribution in [0.4, 0.5) is 0 Å². The van der Waals surface area contributed by atoms with Crippen molar-refractivity contribution >= 4 is 34.1 Å². The highest BCUT2D eigenvalue weighted by Gasteiger charge is 2.14. The summed E-state index contributed by atoms with van der Waals surface area (Å²) in [6, 6.07) is 10.6. The van der Waals surface area contributed by atoms with Crippen LogP contribution in [0.1, 0.15) is 0 Å². The van der Waals surface area contributed by atoms with Crippen LogP contribution >= 0.6 is 23.2 Å². The Kier molecular flexibility index (Phi) is 4.18. The summed E-state index contributed by atoms with van der Waals surface area (Å²) in [6.45, 7) is 0. The number of fused-ring (bicyclic) bond motifs is 1. The van der Waals surface area contributed by atoms with Crippen molar-refractivity contribution in [1.82, 2.24) is 14.5 Å². The van der Waals surface area contributed by atoms with Gasteiger partial charge in [0.05, 0.1) is 40.4 Å². The zero-order valence-corrected chi connectivity index (χ0v) is 15.2. The summed E-state index contributed by atoms with van der Waals surface area (Å²) in [6.07, 6.45) is 5.24. The van der Waals surface area contributed by atoms with Crippen molar-refractivity contribution in [2.75, 3.05) is 7.11 Å². The summed E-state index contributed by atoms with van der Waals surface area (Å²) in [4.78, 5) is 8.78. The first-order valence-corrected chi connectivity index (χ1v) is 8.48. The molecule has 2 aromatic heterocycles. The van der Waals surface area contributed by atoms with E-state index in [1.54, 1.807) is 30.7 Å². The summed E-state index contributed by atoms with van der Waals surface area (Å²) >= 11 is 12.6. The number of hydrogen-bond donors (Lipinski definition) is 1. The molecule has 0 amide bonds. The highest BCUT2D eigenvalue weighted by Crippen LogP contribution is 2.36. The van der Waals surface area contributed by atoms with Crippen molar-refractivity contribution in [1.29, 1.82) is 0 Å². The van der Waals surface area contributed by atoms with Gasteiger partial charge in [-0.15, -0.1) is 0 Å². The Morgan fingerprint density at radius 1 is 1.12 bits per heavy atom. The van der Waals surface area contributed by atoms with Gasteiger partial charge >= 0.3 is 0 Å². The third-order valence-electron chi connectivity index (χ3n) is 4.11. The zero-order chi connectivity index (χ0) is 18.3. The van der Waals surface area contributed by atoms with Gasteiger partial charge in [-0.05, 0) is 36.4 Å². The number of imidazole rings is 1. The Labute approximate surface area is 159 Å². The van der Waals surface area contributed by atoms with Gasteiger partial charge in [-0.25, -0.2) is 9.97 Å². The molecule has 5 nitrogen and oxygen atoms in total. The number of phenolic OH excluding ortho intramolecular Hbond substituents is 1. The first kappa shape index (κ1) is 16.7. The summed E-state index contributed by atoms with van der Waals surface area (Å²) in [5.41, 5.74) is 2.80. The number of aromatic hydroxyl groups is 1. The van der Waals surface area contributed by atoms with E-state index < -0.39 is 0 Å². The number of hydrogen-bond acceptors (Lipinski definition) is 4. The second-order valence-corrected chi connectivity index (χ2v) is 6.43. The van der Waals surface area contributed by atoms with Gasteiger partial charge in [0.2, 0.25) is 0 Å². The fourth-order valence-corrected chi connectivity index (χ4v) is 3.19. The normalized spacial score (nSPS) is 11.0. The summed E-state index contributed by atoms with van der Waals surface area (Å²) in [5, 5.41) is 11.8. The lowest BCUT2D eigenvalue weighted by molar-refractivity contribution is 0.373. The summed E-state index contributed by atoms with van der Waals surface area (Å²) in [7, 11) is 1.50. The minimum atomic E-state index is 0.0354. The number of methoxy groups -OCH3 is 1. The third-order valence-corrected chi connectivity index (χ3v) is 4.90. The van der Waals surface area contributed by atoms with E-state index in [4.69, 9.17) is 27.9 Å². The molecule has 7 heteroatoms. The van der Waals surface area contributed by atoms with E-state index in [0.29, 0.717) is 27.0 Å². The fourth-order valence-electron chi connectivity index (χ4n) is 2.83. The number of halogens is 2. The molecule has 4 rings (SSSR count). The van der Waals surface area contributed by atoms with E-state index in [1.807, 2.05) is 29.0 Å². The number of ether oxygens (including phenoxy) is 1. The van der Waals surface area contributed by atoms with Crippen molar-refractivity contribution in [2.45, 2.75) is 0 Å². The van der Waals surface area contributed by atoms with Crippen LogP contribution < -0.4 is 4.74 Å². The molecule has 0 bridgehead atoms. The first-order valence-electron chi connectivity index (χ1n) is 7.73. The van der Waals surface area contributed by atoms with Crippen LogP contribution in [-0.2, 0) is 0 Å². The molecule has 26 heavy (non-hydrogen) atoms. The Morgan fingerprint density at radius 2 is 1.96 bits per heavy atom. The number of phenols is 1. The van der Waals surface area contributed by atoms with Gasteiger partial charge in [0, 0.05) is 23.3 Å². The highest BCUT2D eigenvalue weighted by molar-refractivity contribution is 6.45.